The van der Waals surface area contributed by atoms with Gasteiger partial charge in [-0.3, -0.25) is 0 Å². The lowest BCUT2D eigenvalue weighted by Gasteiger charge is -2.07. The van der Waals surface area contributed by atoms with Gasteiger partial charge in [0, 0.05) is 17.8 Å². The average Bonchev–Trinajstić information content (AvgIpc) is 2.51. The van der Waals surface area contributed by atoms with Crippen LogP contribution in [-0.2, 0) is 0 Å². The number of benzene rings is 1. The molecule has 0 aliphatic heterocycles. The molecule has 1 amide bonds. The second-order valence-corrected chi connectivity index (χ2v) is 4.03. The van der Waals surface area contributed by atoms with Crippen LogP contribution in [0.15, 0.2) is 27.4 Å². The molecule has 0 saturated carbocycles. The molecule has 6 nitrogen and oxygen atoms in total. The smallest absolute Gasteiger partial charge is 0.407 e. The molecule has 1 aromatic heterocycles. The molecule has 2 aromatic rings. The highest BCUT2D eigenvalue weighted by atomic mass is 16.4. The van der Waals surface area contributed by atoms with Crippen molar-refractivity contribution in [3.63, 3.8) is 0 Å². The van der Waals surface area contributed by atoms with Crippen molar-refractivity contribution in [2.24, 2.45) is 0 Å². The van der Waals surface area contributed by atoms with E-state index in [0.29, 0.717) is 16.8 Å². The average molecular weight is 235 g/mol. The maximum atomic E-state index is 11.8. The van der Waals surface area contributed by atoms with Crippen molar-refractivity contribution in [3.05, 3.63) is 28.7 Å². The number of rotatable bonds is 1. The number of oxazole rings is 1. The Morgan fingerprint density at radius 3 is 2.82 bits per heavy atom. The van der Waals surface area contributed by atoms with Crippen LogP contribution in [0.4, 0.5) is 10.5 Å². The Hall–Kier alpha value is -2.24. The van der Waals surface area contributed by atoms with Crippen LogP contribution in [0.25, 0.3) is 11.1 Å². The third-order valence-electron chi connectivity index (χ3n) is 2.22. The molecule has 17 heavy (non-hydrogen) atoms. The molecule has 2 rings (SSSR count). The zero-order valence-electron chi connectivity index (χ0n) is 9.56. The van der Waals surface area contributed by atoms with Crippen molar-refractivity contribution < 1.29 is 9.21 Å². The molecular weight excluding hydrogens is 222 g/mol. The van der Waals surface area contributed by atoms with Crippen molar-refractivity contribution in [1.29, 1.82) is 0 Å². The van der Waals surface area contributed by atoms with Gasteiger partial charge in [0.05, 0.1) is 0 Å². The minimum atomic E-state index is -0.719. The van der Waals surface area contributed by atoms with E-state index in [1.54, 1.807) is 12.1 Å². The van der Waals surface area contributed by atoms with E-state index in [1.165, 1.54) is 6.07 Å². The predicted molar refractivity (Wildman–Crippen MR) is 64.0 cm³/mol. The van der Waals surface area contributed by atoms with Gasteiger partial charge < -0.3 is 15.5 Å². The van der Waals surface area contributed by atoms with E-state index in [4.69, 9.17) is 10.2 Å². The van der Waals surface area contributed by atoms with Crippen LogP contribution in [0.1, 0.15) is 13.8 Å². The van der Waals surface area contributed by atoms with Gasteiger partial charge in [0.25, 0.3) is 0 Å². The predicted octanol–water partition coefficient (Wildman–Crippen LogP) is 1.14. The maximum absolute atomic E-state index is 11.8. The first-order valence-corrected chi connectivity index (χ1v) is 5.21. The van der Waals surface area contributed by atoms with Gasteiger partial charge in [-0.25, -0.2) is 9.59 Å². The summed E-state index contributed by atoms with van der Waals surface area (Å²) in [7, 11) is 0. The number of aromatic nitrogens is 1. The highest BCUT2D eigenvalue weighted by molar-refractivity contribution is 5.89. The molecule has 3 N–H and O–H groups in total. The van der Waals surface area contributed by atoms with Crippen LogP contribution in [-0.4, -0.2) is 16.6 Å². The van der Waals surface area contributed by atoms with E-state index in [2.05, 4.69) is 5.32 Å². The van der Waals surface area contributed by atoms with Crippen LogP contribution in [0.5, 0.6) is 0 Å². The molecule has 1 aromatic carbocycles. The van der Waals surface area contributed by atoms with Crippen LogP contribution in [0.2, 0.25) is 0 Å². The summed E-state index contributed by atoms with van der Waals surface area (Å²) >= 11 is 0. The van der Waals surface area contributed by atoms with Crippen molar-refractivity contribution in [1.82, 2.24) is 9.88 Å². The topological polar surface area (TPSA) is 90.3 Å². The Balaban J connectivity index is 2.57. The summed E-state index contributed by atoms with van der Waals surface area (Å²) in [6.07, 6.45) is 0. The van der Waals surface area contributed by atoms with Crippen molar-refractivity contribution in [3.8, 4) is 0 Å². The van der Waals surface area contributed by atoms with Crippen molar-refractivity contribution >= 4 is 22.8 Å². The minimum Gasteiger partial charge on any atom is -0.407 e. The van der Waals surface area contributed by atoms with E-state index in [0.717, 1.165) is 4.57 Å². The number of carbonyl (C=O) groups is 1. The van der Waals surface area contributed by atoms with E-state index >= 15 is 0 Å². The summed E-state index contributed by atoms with van der Waals surface area (Å²) in [5.74, 6) is -0.719. The summed E-state index contributed by atoms with van der Waals surface area (Å²) in [4.78, 5) is 23.4. The molecule has 0 atom stereocenters. The standard InChI is InChI=1S/C11H13N3O3/c1-6(2)13-10(15)14-8-4-3-7(12)5-9(8)17-11(14)16/h3-6H,12H2,1-2H3,(H,13,15). The summed E-state index contributed by atoms with van der Waals surface area (Å²) in [5.41, 5.74) is 6.75. The van der Waals surface area contributed by atoms with E-state index in [9.17, 15) is 9.59 Å². The Kier molecular flexibility index (Phi) is 2.63. The Labute approximate surface area is 97.0 Å². The fourth-order valence-corrected chi connectivity index (χ4v) is 1.54. The highest BCUT2D eigenvalue weighted by Gasteiger charge is 2.16. The molecule has 0 fully saturated rings. The molecule has 0 bridgehead atoms. The second kappa shape index (κ2) is 3.97. The van der Waals surface area contributed by atoms with E-state index < -0.39 is 11.8 Å². The number of amides is 1. The number of hydrogen-bond acceptors (Lipinski definition) is 4. The van der Waals surface area contributed by atoms with Gasteiger partial charge in [-0.15, -0.1) is 0 Å². The lowest BCUT2D eigenvalue weighted by Crippen LogP contribution is -2.38. The number of carbonyl (C=O) groups excluding carboxylic acids is 1. The van der Waals surface area contributed by atoms with Gasteiger partial charge in [-0.2, -0.15) is 4.57 Å². The first-order chi connectivity index (χ1) is 7.99. The third-order valence-corrected chi connectivity index (χ3v) is 2.22. The lowest BCUT2D eigenvalue weighted by molar-refractivity contribution is 0.239. The highest BCUT2D eigenvalue weighted by Crippen LogP contribution is 2.15. The molecule has 90 valence electrons. The van der Waals surface area contributed by atoms with E-state index in [-0.39, 0.29) is 6.04 Å². The van der Waals surface area contributed by atoms with Crippen molar-refractivity contribution in [2.45, 2.75) is 19.9 Å². The second-order valence-electron chi connectivity index (χ2n) is 4.03. The number of fused-ring (bicyclic) bond motifs is 1. The number of nitrogen functional groups attached to an aromatic ring is 1. The number of nitrogens with zero attached hydrogens (tertiary/aromatic N) is 1. The Morgan fingerprint density at radius 2 is 2.18 bits per heavy atom. The van der Waals surface area contributed by atoms with Crippen LogP contribution in [0, 0.1) is 0 Å². The number of nitrogens with one attached hydrogen (secondary N) is 1. The van der Waals surface area contributed by atoms with Crippen LogP contribution in [0.3, 0.4) is 0 Å². The van der Waals surface area contributed by atoms with E-state index in [1.807, 2.05) is 13.8 Å². The molecule has 6 heteroatoms. The Bertz CT molecular complexity index is 624. The minimum absolute atomic E-state index is 0.0619. The number of hydrogen-bond donors (Lipinski definition) is 2. The zero-order valence-corrected chi connectivity index (χ0v) is 9.56. The fraction of sp³-hybridized carbons (Fsp3) is 0.273. The summed E-state index contributed by atoms with van der Waals surface area (Å²) in [6.45, 7) is 3.62. The monoisotopic (exact) mass is 235 g/mol. The fourth-order valence-electron chi connectivity index (χ4n) is 1.54. The Morgan fingerprint density at radius 1 is 1.47 bits per heavy atom. The molecule has 1 heterocycles. The van der Waals surface area contributed by atoms with Crippen LogP contribution >= 0.6 is 0 Å². The van der Waals surface area contributed by atoms with Gasteiger partial charge in [-0.05, 0) is 26.0 Å². The lowest BCUT2D eigenvalue weighted by atomic mass is 10.3. The van der Waals surface area contributed by atoms with Crippen molar-refractivity contribution in [2.75, 3.05) is 5.73 Å². The SMILES string of the molecule is CC(C)NC(=O)n1c(=O)oc2cc(N)ccc21. The number of anilines is 1. The largest absolute Gasteiger partial charge is 0.428 e. The summed E-state index contributed by atoms with van der Waals surface area (Å²) in [6, 6.07) is 4.13. The van der Waals surface area contributed by atoms with Gasteiger partial charge in [-0.1, -0.05) is 0 Å². The molecular formula is C11H13N3O3. The van der Waals surface area contributed by atoms with Gasteiger partial charge >= 0.3 is 11.8 Å². The van der Waals surface area contributed by atoms with Gasteiger partial charge in [0.1, 0.15) is 5.52 Å². The molecule has 0 radical (unpaired) electrons. The van der Waals surface area contributed by atoms with Crippen LogP contribution < -0.4 is 16.8 Å². The zero-order chi connectivity index (χ0) is 12.6. The summed E-state index contributed by atoms with van der Waals surface area (Å²) < 4.78 is 5.90. The first-order valence-electron chi connectivity index (χ1n) is 5.21. The first kappa shape index (κ1) is 11.3. The quantitative estimate of drug-likeness (QED) is 0.725. The summed E-state index contributed by atoms with van der Waals surface area (Å²) in [5, 5.41) is 2.63. The van der Waals surface area contributed by atoms with Gasteiger partial charge in [0.2, 0.25) is 0 Å². The molecule has 0 saturated heterocycles. The molecule has 0 aliphatic carbocycles. The molecule has 0 aliphatic rings. The third kappa shape index (κ3) is 2.01. The molecule has 0 unspecified atom stereocenters. The maximum Gasteiger partial charge on any atom is 0.428 e. The normalized spacial score (nSPS) is 11.0. The molecule has 0 spiro atoms. The number of nitrogens with two attached hydrogens (primary N) is 1. The van der Waals surface area contributed by atoms with Gasteiger partial charge in [0.15, 0.2) is 5.58 Å².